The van der Waals surface area contributed by atoms with Gasteiger partial charge in [0.1, 0.15) is 5.82 Å². The van der Waals surface area contributed by atoms with Crippen molar-refractivity contribution in [3.8, 4) is 22.3 Å². The van der Waals surface area contributed by atoms with Crippen molar-refractivity contribution in [1.82, 2.24) is 0 Å². The number of alkyl halides is 2. The van der Waals surface area contributed by atoms with Crippen LogP contribution in [0.4, 0.5) is 26.3 Å². The van der Waals surface area contributed by atoms with E-state index in [0.717, 1.165) is 37.8 Å². The topological polar surface area (TPSA) is 0 Å². The van der Waals surface area contributed by atoms with Crippen LogP contribution in [0.2, 0.25) is 0 Å². The molecule has 0 atom stereocenters. The second-order valence-corrected chi connectivity index (χ2v) is 9.59. The molecule has 0 spiro atoms. The van der Waals surface area contributed by atoms with Crippen molar-refractivity contribution < 1.29 is 26.3 Å². The average molecular weight is 491 g/mol. The molecular formula is C29H28F6. The van der Waals surface area contributed by atoms with Crippen molar-refractivity contribution >= 4 is 0 Å². The van der Waals surface area contributed by atoms with Crippen molar-refractivity contribution in [3.63, 3.8) is 0 Å². The first-order valence-electron chi connectivity index (χ1n) is 12.1. The summed E-state index contributed by atoms with van der Waals surface area (Å²) in [5.74, 6) is -7.94. The van der Waals surface area contributed by atoms with Crippen molar-refractivity contribution in [1.29, 1.82) is 0 Å². The Bertz CT molecular complexity index is 1140. The van der Waals surface area contributed by atoms with Gasteiger partial charge in [-0.15, -0.1) is 0 Å². The molecule has 0 aromatic heterocycles. The predicted molar refractivity (Wildman–Crippen MR) is 126 cm³/mol. The third kappa shape index (κ3) is 5.74. The van der Waals surface area contributed by atoms with Crippen LogP contribution < -0.4 is 0 Å². The van der Waals surface area contributed by atoms with Gasteiger partial charge in [0.25, 0.3) is 5.92 Å². The first-order valence-corrected chi connectivity index (χ1v) is 12.1. The summed E-state index contributed by atoms with van der Waals surface area (Å²) in [6.07, 6.45) is 4.72. The molecule has 0 N–H and O–H groups in total. The predicted octanol–water partition coefficient (Wildman–Crippen LogP) is 9.36. The van der Waals surface area contributed by atoms with Crippen molar-refractivity contribution in [3.05, 3.63) is 83.4 Å². The molecule has 35 heavy (non-hydrogen) atoms. The van der Waals surface area contributed by atoms with Crippen molar-refractivity contribution in [2.24, 2.45) is 11.8 Å². The molecular weight excluding hydrogens is 462 g/mol. The highest BCUT2D eigenvalue weighted by Crippen LogP contribution is 2.42. The highest BCUT2D eigenvalue weighted by molar-refractivity contribution is 5.71. The summed E-state index contributed by atoms with van der Waals surface area (Å²) in [6.45, 7) is 2.13. The third-order valence-corrected chi connectivity index (χ3v) is 7.13. The molecule has 0 aliphatic heterocycles. The highest BCUT2D eigenvalue weighted by atomic mass is 19.3. The van der Waals surface area contributed by atoms with Gasteiger partial charge in [0.05, 0.1) is 0 Å². The molecule has 3 aromatic rings. The van der Waals surface area contributed by atoms with E-state index in [2.05, 4.69) is 6.92 Å². The SMILES string of the molecule is CCCC1CCC(C(F)(F)Cc2ccc(-c3ccc(-c4cc(F)c(F)c(F)c4)c(F)c3)cc2)CC1. The van der Waals surface area contributed by atoms with E-state index in [-0.39, 0.29) is 17.5 Å². The van der Waals surface area contributed by atoms with E-state index < -0.39 is 35.1 Å². The lowest BCUT2D eigenvalue weighted by Crippen LogP contribution is -2.34. The Kier molecular flexibility index (Phi) is 7.58. The quantitative estimate of drug-likeness (QED) is 0.229. The number of hydrogen-bond donors (Lipinski definition) is 0. The Hall–Kier alpha value is -2.76. The fraction of sp³-hybridized carbons (Fsp3) is 0.379. The number of halogens is 6. The molecule has 0 radical (unpaired) electrons. The molecule has 1 aliphatic carbocycles. The first-order chi connectivity index (χ1) is 16.7. The second-order valence-electron chi connectivity index (χ2n) is 9.59. The van der Waals surface area contributed by atoms with Gasteiger partial charge < -0.3 is 0 Å². The lowest BCUT2D eigenvalue weighted by molar-refractivity contribution is -0.0745. The van der Waals surface area contributed by atoms with Crippen LogP contribution in [0.25, 0.3) is 22.3 Å². The molecule has 6 heteroatoms. The normalized spacial score (nSPS) is 18.6. The van der Waals surface area contributed by atoms with E-state index in [1.807, 2.05) is 0 Å². The number of benzene rings is 3. The minimum absolute atomic E-state index is 0.0727. The maximum atomic E-state index is 14.9. The molecule has 0 bridgehead atoms. The van der Waals surface area contributed by atoms with E-state index in [1.165, 1.54) is 12.1 Å². The molecule has 3 aromatic carbocycles. The van der Waals surface area contributed by atoms with E-state index in [0.29, 0.717) is 35.4 Å². The Balaban J connectivity index is 1.46. The van der Waals surface area contributed by atoms with Crippen LogP contribution in [-0.2, 0) is 6.42 Å². The summed E-state index contributed by atoms with van der Waals surface area (Å²) in [6, 6.07) is 12.2. The molecule has 0 unspecified atom stereocenters. The lowest BCUT2D eigenvalue weighted by atomic mass is 9.76. The van der Waals surface area contributed by atoms with Gasteiger partial charge >= 0.3 is 0 Å². The Morgan fingerprint density at radius 2 is 1.29 bits per heavy atom. The molecule has 1 fully saturated rings. The minimum atomic E-state index is -2.77. The Labute approximate surface area is 202 Å². The van der Waals surface area contributed by atoms with Gasteiger partial charge in [0, 0.05) is 17.9 Å². The fourth-order valence-electron chi connectivity index (χ4n) is 5.15. The highest BCUT2D eigenvalue weighted by Gasteiger charge is 2.41. The summed E-state index contributed by atoms with van der Waals surface area (Å²) >= 11 is 0. The number of hydrogen-bond acceptors (Lipinski definition) is 0. The van der Waals surface area contributed by atoms with Crippen molar-refractivity contribution in [2.45, 2.75) is 57.8 Å². The fourth-order valence-corrected chi connectivity index (χ4v) is 5.15. The molecule has 1 saturated carbocycles. The summed E-state index contributed by atoms with van der Waals surface area (Å²) in [5, 5.41) is 0. The van der Waals surface area contributed by atoms with Crippen molar-refractivity contribution in [2.75, 3.05) is 0 Å². The summed E-state index contributed by atoms with van der Waals surface area (Å²) in [7, 11) is 0. The van der Waals surface area contributed by atoms with Gasteiger partial charge in [0.2, 0.25) is 0 Å². The first kappa shape index (κ1) is 25.3. The van der Waals surface area contributed by atoms with Gasteiger partial charge in [-0.2, -0.15) is 0 Å². The van der Waals surface area contributed by atoms with Gasteiger partial charge in [-0.1, -0.05) is 56.2 Å². The van der Waals surface area contributed by atoms with Crippen LogP contribution in [-0.4, -0.2) is 5.92 Å². The Morgan fingerprint density at radius 1 is 0.714 bits per heavy atom. The van der Waals surface area contributed by atoms with Crippen LogP contribution in [0.3, 0.4) is 0 Å². The standard InChI is InChI=1S/C29H28F6/c1-2-3-18-6-11-23(12-7-18)29(34,35)17-19-4-8-20(9-5-19)21-10-13-24(25(30)14-21)22-15-26(31)28(33)27(32)16-22/h4-5,8-10,13-16,18,23H,2-3,6-7,11-12,17H2,1H3. The molecule has 0 heterocycles. The molecule has 0 saturated heterocycles. The van der Waals surface area contributed by atoms with Gasteiger partial charge in [-0.05, 0) is 72.1 Å². The van der Waals surface area contributed by atoms with Gasteiger partial charge in [-0.25, -0.2) is 26.3 Å². The molecule has 186 valence electrons. The lowest BCUT2D eigenvalue weighted by Gasteiger charge is -2.33. The van der Waals surface area contributed by atoms with Crippen LogP contribution in [0.1, 0.15) is 51.0 Å². The molecule has 4 rings (SSSR count). The smallest absolute Gasteiger partial charge is 0.206 e. The van der Waals surface area contributed by atoms with Crippen LogP contribution >= 0.6 is 0 Å². The van der Waals surface area contributed by atoms with Gasteiger partial charge in [0.15, 0.2) is 17.5 Å². The van der Waals surface area contributed by atoms with E-state index >= 15 is 0 Å². The zero-order chi connectivity index (χ0) is 25.2. The van der Waals surface area contributed by atoms with Crippen LogP contribution in [0.5, 0.6) is 0 Å². The minimum Gasteiger partial charge on any atom is -0.206 e. The number of rotatable bonds is 7. The van der Waals surface area contributed by atoms with E-state index in [4.69, 9.17) is 0 Å². The maximum Gasteiger partial charge on any atom is 0.254 e. The van der Waals surface area contributed by atoms with E-state index in [1.54, 1.807) is 30.3 Å². The van der Waals surface area contributed by atoms with Crippen LogP contribution in [0, 0.1) is 35.1 Å². The molecule has 1 aliphatic rings. The second kappa shape index (κ2) is 10.5. The molecule has 0 nitrogen and oxygen atoms in total. The molecule has 0 amide bonds. The average Bonchev–Trinajstić information content (AvgIpc) is 2.83. The maximum absolute atomic E-state index is 14.9. The largest absolute Gasteiger partial charge is 0.254 e. The monoisotopic (exact) mass is 490 g/mol. The van der Waals surface area contributed by atoms with Crippen LogP contribution in [0.15, 0.2) is 54.6 Å². The zero-order valence-corrected chi connectivity index (χ0v) is 19.6. The summed E-state index contributed by atoms with van der Waals surface area (Å²) < 4.78 is 84.9. The third-order valence-electron chi connectivity index (χ3n) is 7.13. The summed E-state index contributed by atoms with van der Waals surface area (Å²) in [4.78, 5) is 0. The van der Waals surface area contributed by atoms with E-state index in [9.17, 15) is 26.3 Å². The summed E-state index contributed by atoms with van der Waals surface area (Å²) in [5.41, 5.74) is 1.44. The van der Waals surface area contributed by atoms with Gasteiger partial charge in [-0.3, -0.25) is 0 Å². The zero-order valence-electron chi connectivity index (χ0n) is 19.6. The Morgan fingerprint density at radius 3 is 1.86 bits per heavy atom.